The van der Waals surface area contributed by atoms with Crippen molar-refractivity contribution in [1.29, 1.82) is 0 Å². The van der Waals surface area contributed by atoms with Crippen LogP contribution in [0.15, 0.2) is 16.3 Å². The van der Waals surface area contributed by atoms with Gasteiger partial charge in [0.15, 0.2) is 0 Å². The molecule has 0 amide bonds. The molecule has 0 saturated heterocycles. The van der Waals surface area contributed by atoms with Crippen LogP contribution in [0.5, 0.6) is 0 Å². The number of hydrogen-bond acceptors (Lipinski definition) is 0. The Kier molecular flexibility index (Phi) is 5.88. The van der Waals surface area contributed by atoms with E-state index in [-0.39, 0.29) is 26.3 Å². The van der Waals surface area contributed by atoms with Crippen LogP contribution in [-0.4, -0.2) is 9.52 Å². The van der Waals surface area contributed by atoms with Crippen molar-refractivity contribution in [1.82, 2.24) is 0 Å². The van der Waals surface area contributed by atoms with Crippen molar-refractivity contribution in [2.45, 2.75) is 39.7 Å². The predicted octanol–water partition coefficient (Wildman–Crippen LogP) is 2.41. The summed E-state index contributed by atoms with van der Waals surface area (Å²) in [6.45, 7) is 6.88. The molecule has 0 saturated carbocycles. The molecule has 12 heavy (non-hydrogen) atoms. The molecular weight excluding hydrogens is 207 g/mol. The molecule has 0 aromatic carbocycles. The normalized spacial score (nSPS) is 17.1. The predicted molar refractivity (Wildman–Crippen MR) is 53.4 cm³/mol. The van der Waals surface area contributed by atoms with Crippen molar-refractivity contribution in [3.05, 3.63) is 22.4 Å². The molecule has 0 aliphatic heterocycles. The van der Waals surface area contributed by atoms with E-state index in [2.05, 4.69) is 26.5 Å². The molecule has 71 valence electrons. The summed E-state index contributed by atoms with van der Waals surface area (Å²) in [5.74, 6) is 0. The molecule has 0 aromatic rings. The van der Waals surface area contributed by atoms with E-state index in [1.54, 1.807) is 16.3 Å². The molecule has 1 aliphatic rings. The first-order valence-electron chi connectivity index (χ1n) is 4.64. The van der Waals surface area contributed by atoms with Crippen LogP contribution in [0.2, 0.25) is 6.55 Å². The molecule has 0 bridgehead atoms. The van der Waals surface area contributed by atoms with Crippen LogP contribution in [0.3, 0.4) is 0 Å². The smallest absolute Gasteiger partial charge is 0.0120 e. The summed E-state index contributed by atoms with van der Waals surface area (Å²) < 4.78 is 0. The fourth-order valence-electron chi connectivity index (χ4n) is 1.78. The Morgan fingerprint density at radius 1 is 1.33 bits per heavy atom. The largest absolute Gasteiger partial charge is 0.274 e. The van der Waals surface area contributed by atoms with Gasteiger partial charge >= 0.3 is 0 Å². The number of rotatable bonds is 3. The minimum absolute atomic E-state index is 0. The summed E-state index contributed by atoms with van der Waals surface area (Å²) >= 11 is 0. The van der Waals surface area contributed by atoms with Crippen molar-refractivity contribution in [2.75, 3.05) is 0 Å². The minimum Gasteiger partial charge on any atom is -0.274 e. The topological polar surface area (TPSA) is 0 Å². The monoisotopic (exact) mass is 224 g/mol. The van der Waals surface area contributed by atoms with E-state index in [1.807, 2.05) is 0 Å². The Morgan fingerprint density at radius 2 is 2.00 bits per heavy atom. The van der Waals surface area contributed by atoms with Crippen LogP contribution in [-0.2, 0) is 16.8 Å². The molecule has 0 spiro atoms. The summed E-state index contributed by atoms with van der Waals surface area (Å²) in [6.07, 6.45) is 7.11. The quantitative estimate of drug-likeness (QED) is 0.510. The Balaban J connectivity index is 0.00000121. The van der Waals surface area contributed by atoms with Crippen molar-refractivity contribution in [2.24, 2.45) is 0 Å². The molecule has 1 rings (SSSR count). The molecule has 0 unspecified atom stereocenters. The van der Waals surface area contributed by atoms with E-state index in [1.165, 1.54) is 12.8 Å². The Labute approximate surface area is 88.5 Å². The molecule has 0 N–H and O–H groups in total. The molecule has 0 nitrogen and oxygen atoms in total. The Hall–Kier alpha value is 0.203. The van der Waals surface area contributed by atoms with Crippen molar-refractivity contribution >= 4 is 9.52 Å². The second-order valence-corrected chi connectivity index (χ2v) is 4.39. The average molecular weight is 224 g/mol. The third kappa shape index (κ3) is 2.34. The van der Waals surface area contributed by atoms with Gasteiger partial charge in [-0.15, -0.1) is 6.42 Å². The Morgan fingerprint density at radius 3 is 2.42 bits per heavy atom. The van der Waals surface area contributed by atoms with Crippen LogP contribution >= 0.6 is 0 Å². The van der Waals surface area contributed by atoms with Gasteiger partial charge in [0.05, 0.1) is 0 Å². The zero-order chi connectivity index (χ0) is 8.27. The molecule has 2 heteroatoms. The average Bonchev–Trinajstić information content (AvgIpc) is 2.45. The maximum Gasteiger partial charge on any atom is 0.0120 e. The fraction of sp³-hybridized carbons (Fsp3) is 0.600. The van der Waals surface area contributed by atoms with Gasteiger partial charge in [-0.2, -0.15) is 11.1 Å². The second-order valence-electron chi connectivity index (χ2n) is 2.97. The van der Waals surface area contributed by atoms with Gasteiger partial charge in [0.25, 0.3) is 0 Å². The summed E-state index contributed by atoms with van der Waals surface area (Å²) in [7, 11) is 0.0386. The van der Waals surface area contributed by atoms with E-state index >= 15 is 0 Å². The Bertz CT molecular complexity index is 204. The number of hydrogen-bond donors (Lipinski definition) is 0. The van der Waals surface area contributed by atoms with Gasteiger partial charge in [0.1, 0.15) is 0 Å². The zero-order valence-corrected chi connectivity index (χ0v) is 10.6. The van der Waals surface area contributed by atoms with Crippen molar-refractivity contribution in [3.63, 3.8) is 0 Å². The first kappa shape index (κ1) is 12.2. The summed E-state index contributed by atoms with van der Waals surface area (Å²) in [5, 5.41) is 1.62. The molecule has 0 fully saturated rings. The maximum atomic E-state index is 3.51. The summed E-state index contributed by atoms with van der Waals surface area (Å²) in [5.41, 5.74) is 3.30. The number of allylic oxidation sites excluding steroid dienone is 4. The third-order valence-corrected chi connectivity index (χ3v) is 3.82. The summed E-state index contributed by atoms with van der Waals surface area (Å²) in [6, 6.07) is 0. The molecule has 1 radical (unpaired) electrons. The maximum absolute atomic E-state index is 3.51. The molecule has 1 aliphatic carbocycles. The first-order valence-corrected chi connectivity index (χ1v) is 6.76. The van der Waals surface area contributed by atoms with Crippen LogP contribution in [0.1, 0.15) is 33.1 Å². The standard InChI is InChI=1S/C10H17Si.Co/c1-4-8-6-7-10(11-3)9(8)5-2;/h4-6,11H2,1-3H3;/q-1;. The van der Waals surface area contributed by atoms with Crippen LogP contribution in [0.4, 0.5) is 0 Å². The van der Waals surface area contributed by atoms with E-state index < -0.39 is 0 Å². The molecule has 0 heterocycles. The van der Waals surface area contributed by atoms with Crippen LogP contribution < -0.4 is 0 Å². The van der Waals surface area contributed by atoms with Gasteiger partial charge in [0.2, 0.25) is 0 Å². The van der Waals surface area contributed by atoms with Gasteiger partial charge < -0.3 is 0 Å². The first-order chi connectivity index (χ1) is 5.33. The summed E-state index contributed by atoms with van der Waals surface area (Å²) in [4.78, 5) is 0. The van der Waals surface area contributed by atoms with Crippen molar-refractivity contribution in [3.8, 4) is 0 Å². The SMILES string of the molecule is CCC1=C(CC)C([SiH2]C)=[C-]C1.[Co]. The molecule has 0 aromatic heterocycles. The van der Waals surface area contributed by atoms with Crippen LogP contribution in [0, 0.1) is 6.08 Å². The third-order valence-electron chi connectivity index (χ3n) is 2.44. The molecule has 0 atom stereocenters. The minimum atomic E-state index is 0. The fourth-order valence-corrected chi connectivity index (χ4v) is 3.08. The second kappa shape index (κ2) is 5.78. The van der Waals surface area contributed by atoms with Crippen LogP contribution in [0.25, 0.3) is 0 Å². The van der Waals surface area contributed by atoms with E-state index in [0.29, 0.717) is 0 Å². The van der Waals surface area contributed by atoms with Gasteiger partial charge in [-0.05, 0) is 0 Å². The molecular formula is C10H17CoSi-. The zero-order valence-electron chi connectivity index (χ0n) is 8.16. The van der Waals surface area contributed by atoms with Gasteiger partial charge in [-0.25, -0.2) is 5.20 Å². The van der Waals surface area contributed by atoms with Gasteiger partial charge in [-0.1, -0.05) is 33.2 Å². The van der Waals surface area contributed by atoms with Gasteiger partial charge in [-0.3, -0.25) is 6.08 Å². The van der Waals surface area contributed by atoms with E-state index in [4.69, 9.17) is 0 Å². The van der Waals surface area contributed by atoms with Gasteiger partial charge in [0, 0.05) is 26.3 Å². The van der Waals surface area contributed by atoms with E-state index in [9.17, 15) is 0 Å². The van der Waals surface area contributed by atoms with Crippen molar-refractivity contribution < 1.29 is 16.8 Å². The van der Waals surface area contributed by atoms with E-state index in [0.717, 1.165) is 6.42 Å².